The van der Waals surface area contributed by atoms with Gasteiger partial charge in [-0.15, -0.1) is 0 Å². The summed E-state index contributed by atoms with van der Waals surface area (Å²) in [5, 5.41) is 4.96. The number of fused-ring (bicyclic) bond motifs is 1. The summed E-state index contributed by atoms with van der Waals surface area (Å²) in [6.45, 7) is 0. The Balaban J connectivity index is 2.27. The highest BCUT2D eigenvalue weighted by atomic mass is 79.9. The van der Waals surface area contributed by atoms with Gasteiger partial charge in [0.2, 0.25) is 0 Å². The standard InChI is InChI=1S/C13H7BrClFN2/c14-12-10-2-1-3-11(15)18(10)17-13(12)8-4-6-9(16)7-5-8/h1-7H. The van der Waals surface area contributed by atoms with Crippen LogP contribution >= 0.6 is 27.5 Å². The zero-order valence-electron chi connectivity index (χ0n) is 9.07. The molecule has 0 saturated carbocycles. The fourth-order valence-electron chi connectivity index (χ4n) is 1.80. The molecule has 0 radical (unpaired) electrons. The van der Waals surface area contributed by atoms with Gasteiger partial charge in [-0.25, -0.2) is 8.91 Å². The molecule has 0 aliphatic carbocycles. The second-order valence-corrected chi connectivity index (χ2v) is 5.00. The first-order valence-corrected chi connectivity index (χ1v) is 6.42. The van der Waals surface area contributed by atoms with Crippen molar-refractivity contribution in [2.24, 2.45) is 0 Å². The number of nitrogens with zero attached hydrogens (tertiary/aromatic N) is 2. The normalized spacial score (nSPS) is 11.1. The lowest BCUT2D eigenvalue weighted by Crippen LogP contribution is -1.88. The lowest BCUT2D eigenvalue weighted by Gasteiger charge is -1.96. The minimum Gasteiger partial charge on any atom is -0.220 e. The van der Waals surface area contributed by atoms with E-state index < -0.39 is 0 Å². The third-order valence-electron chi connectivity index (χ3n) is 2.67. The molecule has 0 amide bonds. The first kappa shape index (κ1) is 11.7. The van der Waals surface area contributed by atoms with Gasteiger partial charge in [-0.3, -0.25) is 0 Å². The van der Waals surface area contributed by atoms with Crippen molar-refractivity contribution in [3.63, 3.8) is 0 Å². The van der Waals surface area contributed by atoms with E-state index in [2.05, 4.69) is 21.0 Å². The van der Waals surface area contributed by atoms with E-state index in [-0.39, 0.29) is 5.82 Å². The van der Waals surface area contributed by atoms with Crippen molar-refractivity contribution in [1.82, 2.24) is 9.61 Å². The summed E-state index contributed by atoms with van der Waals surface area (Å²) in [5.41, 5.74) is 2.45. The van der Waals surface area contributed by atoms with Crippen LogP contribution in [-0.2, 0) is 0 Å². The highest BCUT2D eigenvalue weighted by molar-refractivity contribution is 9.10. The van der Waals surface area contributed by atoms with Crippen LogP contribution in [0.25, 0.3) is 16.8 Å². The molecule has 3 aromatic rings. The van der Waals surface area contributed by atoms with Crippen LogP contribution in [0.4, 0.5) is 4.39 Å². The van der Waals surface area contributed by atoms with Gasteiger partial charge in [0.25, 0.3) is 0 Å². The summed E-state index contributed by atoms with van der Waals surface area (Å²) in [6.07, 6.45) is 0. The molecule has 18 heavy (non-hydrogen) atoms. The summed E-state index contributed by atoms with van der Waals surface area (Å²) < 4.78 is 15.4. The zero-order valence-corrected chi connectivity index (χ0v) is 11.4. The first-order chi connectivity index (χ1) is 8.66. The minimum absolute atomic E-state index is 0.267. The van der Waals surface area contributed by atoms with E-state index in [1.54, 1.807) is 22.7 Å². The van der Waals surface area contributed by atoms with E-state index in [1.807, 2.05) is 12.1 Å². The van der Waals surface area contributed by atoms with Gasteiger partial charge < -0.3 is 0 Å². The average Bonchev–Trinajstić information content (AvgIpc) is 2.70. The molecule has 0 spiro atoms. The number of rotatable bonds is 1. The van der Waals surface area contributed by atoms with Gasteiger partial charge in [0.15, 0.2) is 0 Å². The Morgan fingerprint density at radius 3 is 2.50 bits per heavy atom. The van der Waals surface area contributed by atoms with Crippen molar-refractivity contribution >= 4 is 33.0 Å². The predicted molar refractivity (Wildman–Crippen MR) is 73.3 cm³/mol. The maximum Gasteiger partial charge on any atom is 0.131 e. The Labute approximate surface area is 116 Å². The smallest absolute Gasteiger partial charge is 0.131 e. The van der Waals surface area contributed by atoms with Gasteiger partial charge in [-0.2, -0.15) is 5.10 Å². The molecule has 3 rings (SSSR count). The number of halogens is 3. The lowest BCUT2D eigenvalue weighted by atomic mass is 10.1. The lowest BCUT2D eigenvalue weighted by molar-refractivity contribution is 0.628. The van der Waals surface area contributed by atoms with E-state index in [4.69, 9.17) is 11.6 Å². The predicted octanol–water partition coefficient (Wildman–Crippen LogP) is 4.56. The van der Waals surface area contributed by atoms with Gasteiger partial charge in [0.05, 0.1) is 9.99 Å². The van der Waals surface area contributed by atoms with Crippen molar-refractivity contribution < 1.29 is 4.39 Å². The molecule has 2 nitrogen and oxygen atoms in total. The second kappa shape index (κ2) is 4.37. The molecule has 0 aliphatic rings. The summed E-state index contributed by atoms with van der Waals surface area (Å²) in [4.78, 5) is 0. The number of pyridine rings is 1. The van der Waals surface area contributed by atoms with Crippen LogP contribution in [0, 0.1) is 5.82 Å². The maximum atomic E-state index is 12.9. The molecule has 0 aliphatic heterocycles. The molecule has 90 valence electrons. The Kier molecular flexibility index (Phi) is 2.84. The van der Waals surface area contributed by atoms with Crippen molar-refractivity contribution in [1.29, 1.82) is 0 Å². The zero-order chi connectivity index (χ0) is 12.7. The van der Waals surface area contributed by atoms with Gasteiger partial charge in [0, 0.05) is 5.56 Å². The van der Waals surface area contributed by atoms with E-state index >= 15 is 0 Å². The molecule has 2 heterocycles. The average molecular weight is 326 g/mol. The minimum atomic E-state index is -0.267. The molecular formula is C13H7BrClFN2. The molecule has 0 N–H and O–H groups in total. The van der Waals surface area contributed by atoms with E-state index in [9.17, 15) is 4.39 Å². The van der Waals surface area contributed by atoms with Crippen LogP contribution in [0.15, 0.2) is 46.9 Å². The number of benzene rings is 1. The topological polar surface area (TPSA) is 17.3 Å². The molecule has 2 aromatic heterocycles. The van der Waals surface area contributed by atoms with Crippen molar-refractivity contribution in [3.8, 4) is 11.3 Å². The van der Waals surface area contributed by atoms with Crippen LogP contribution in [-0.4, -0.2) is 9.61 Å². The molecule has 0 unspecified atom stereocenters. The van der Waals surface area contributed by atoms with Crippen LogP contribution in [0.1, 0.15) is 0 Å². The van der Waals surface area contributed by atoms with Crippen molar-refractivity contribution in [3.05, 3.63) is 57.9 Å². The fraction of sp³-hybridized carbons (Fsp3) is 0. The fourth-order valence-corrected chi connectivity index (χ4v) is 2.61. The highest BCUT2D eigenvalue weighted by Gasteiger charge is 2.13. The third kappa shape index (κ3) is 1.82. The van der Waals surface area contributed by atoms with Crippen molar-refractivity contribution in [2.45, 2.75) is 0 Å². The number of hydrogen-bond acceptors (Lipinski definition) is 1. The quantitative estimate of drug-likeness (QED) is 0.600. The molecule has 0 bridgehead atoms. The summed E-state index contributed by atoms with van der Waals surface area (Å²) in [7, 11) is 0. The second-order valence-electron chi connectivity index (χ2n) is 3.82. The Morgan fingerprint density at radius 1 is 1.11 bits per heavy atom. The van der Waals surface area contributed by atoms with Crippen LogP contribution in [0.3, 0.4) is 0 Å². The summed E-state index contributed by atoms with van der Waals surface area (Å²) >= 11 is 9.58. The monoisotopic (exact) mass is 324 g/mol. The Bertz CT molecular complexity index is 722. The Morgan fingerprint density at radius 2 is 1.83 bits per heavy atom. The molecule has 0 atom stereocenters. The third-order valence-corrected chi connectivity index (χ3v) is 3.74. The number of hydrogen-bond donors (Lipinski definition) is 0. The molecule has 5 heteroatoms. The van der Waals surface area contributed by atoms with E-state index in [0.717, 1.165) is 21.2 Å². The van der Waals surface area contributed by atoms with Crippen LogP contribution < -0.4 is 0 Å². The van der Waals surface area contributed by atoms with Gasteiger partial charge in [-0.05, 0) is 52.3 Å². The van der Waals surface area contributed by atoms with E-state index in [1.165, 1.54) is 12.1 Å². The van der Waals surface area contributed by atoms with Crippen LogP contribution in [0.2, 0.25) is 5.15 Å². The van der Waals surface area contributed by atoms with Crippen molar-refractivity contribution in [2.75, 3.05) is 0 Å². The maximum absolute atomic E-state index is 12.9. The summed E-state index contributed by atoms with van der Waals surface area (Å²) in [6, 6.07) is 11.7. The largest absolute Gasteiger partial charge is 0.220 e. The molecular weight excluding hydrogens is 319 g/mol. The molecule has 1 aromatic carbocycles. The molecule has 0 fully saturated rings. The van der Waals surface area contributed by atoms with Gasteiger partial charge in [-0.1, -0.05) is 17.7 Å². The summed E-state index contributed by atoms with van der Waals surface area (Å²) in [5.74, 6) is -0.267. The van der Waals surface area contributed by atoms with Gasteiger partial charge in [0.1, 0.15) is 16.7 Å². The van der Waals surface area contributed by atoms with Crippen LogP contribution in [0.5, 0.6) is 0 Å². The molecule has 0 saturated heterocycles. The SMILES string of the molecule is Fc1ccc(-c2nn3c(Cl)cccc3c2Br)cc1. The van der Waals surface area contributed by atoms with Gasteiger partial charge >= 0.3 is 0 Å². The van der Waals surface area contributed by atoms with E-state index in [0.29, 0.717) is 5.15 Å². The first-order valence-electron chi connectivity index (χ1n) is 5.25. The highest BCUT2D eigenvalue weighted by Crippen LogP contribution is 2.32. The number of aromatic nitrogens is 2. The Hall–Kier alpha value is -1.39.